The van der Waals surface area contributed by atoms with E-state index in [0.717, 1.165) is 10.4 Å². The number of carbonyl (C=O) groups is 1. The van der Waals surface area contributed by atoms with E-state index < -0.39 is 32.8 Å². The topological polar surface area (TPSA) is 76.6 Å². The van der Waals surface area contributed by atoms with Crippen LogP contribution >= 0.6 is 0 Å². The molecule has 20 heavy (non-hydrogen) atoms. The fourth-order valence-corrected chi connectivity index (χ4v) is 3.70. The van der Waals surface area contributed by atoms with E-state index in [4.69, 9.17) is 0 Å². The lowest BCUT2D eigenvalue weighted by Crippen LogP contribution is -2.43. The second-order valence-corrected chi connectivity index (χ2v) is 6.37. The molecule has 1 unspecified atom stereocenters. The van der Waals surface area contributed by atoms with Gasteiger partial charge in [0.05, 0.1) is 13.0 Å². The number of pyridine rings is 1. The van der Waals surface area contributed by atoms with Crippen molar-refractivity contribution in [2.75, 3.05) is 20.2 Å². The SMILES string of the molecule is COC(=O)C1CCCN(S(=O)(=O)c2ncccc2F)C1. The third kappa shape index (κ3) is 2.80. The number of esters is 1. The highest BCUT2D eigenvalue weighted by atomic mass is 32.2. The van der Waals surface area contributed by atoms with Gasteiger partial charge in [0.25, 0.3) is 10.0 Å². The molecule has 0 aromatic carbocycles. The summed E-state index contributed by atoms with van der Waals surface area (Å²) >= 11 is 0. The van der Waals surface area contributed by atoms with E-state index in [2.05, 4.69) is 9.72 Å². The third-order valence-electron chi connectivity index (χ3n) is 3.23. The Bertz CT molecular complexity index is 605. The summed E-state index contributed by atoms with van der Waals surface area (Å²) in [5, 5.41) is -0.606. The van der Waals surface area contributed by atoms with Crippen molar-refractivity contribution >= 4 is 16.0 Å². The highest BCUT2D eigenvalue weighted by molar-refractivity contribution is 7.89. The van der Waals surface area contributed by atoms with Crippen LogP contribution in [0.15, 0.2) is 23.4 Å². The van der Waals surface area contributed by atoms with E-state index in [1.165, 1.54) is 19.4 Å². The first-order chi connectivity index (χ1) is 9.46. The van der Waals surface area contributed by atoms with Crippen LogP contribution in [-0.4, -0.2) is 43.9 Å². The van der Waals surface area contributed by atoms with Crippen molar-refractivity contribution in [3.05, 3.63) is 24.1 Å². The molecule has 1 aromatic rings. The second-order valence-electron chi connectivity index (χ2n) is 4.52. The quantitative estimate of drug-likeness (QED) is 0.772. The Morgan fingerprint density at radius 3 is 2.95 bits per heavy atom. The molecule has 0 saturated carbocycles. The van der Waals surface area contributed by atoms with Crippen LogP contribution in [0, 0.1) is 11.7 Å². The lowest BCUT2D eigenvalue weighted by atomic mass is 10.0. The fraction of sp³-hybridized carbons (Fsp3) is 0.500. The number of aromatic nitrogens is 1. The monoisotopic (exact) mass is 302 g/mol. The molecule has 0 bridgehead atoms. The van der Waals surface area contributed by atoms with Gasteiger partial charge in [0.1, 0.15) is 0 Å². The predicted molar refractivity (Wildman–Crippen MR) is 67.7 cm³/mol. The maximum atomic E-state index is 13.6. The van der Waals surface area contributed by atoms with Crippen LogP contribution in [-0.2, 0) is 19.6 Å². The van der Waals surface area contributed by atoms with E-state index in [1.807, 2.05) is 0 Å². The van der Waals surface area contributed by atoms with Crippen LogP contribution in [0.1, 0.15) is 12.8 Å². The van der Waals surface area contributed by atoms with Gasteiger partial charge in [0.15, 0.2) is 5.82 Å². The van der Waals surface area contributed by atoms with Crippen LogP contribution in [0.25, 0.3) is 0 Å². The van der Waals surface area contributed by atoms with Gasteiger partial charge >= 0.3 is 5.97 Å². The molecule has 1 fully saturated rings. The average Bonchev–Trinajstić information content (AvgIpc) is 2.47. The largest absolute Gasteiger partial charge is 0.469 e. The van der Waals surface area contributed by atoms with Gasteiger partial charge in [0, 0.05) is 19.3 Å². The molecule has 0 amide bonds. The summed E-state index contributed by atoms with van der Waals surface area (Å²) in [4.78, 5) is 15.1. The molecule has 8 heteroatoms. The summed E-state index contributed by atoms with van der Waals surface area (Å²) in [5.41, 5.74) is 0. The van der Waals surface area contributed by atoms with Gasteiger partial charge in [-0.25, -0.2) is 17.8 Å². The van der Waals surface area contributed by atoms with Gasteiger partial charge in [-0.15, -0.1) is 0 Å². The van der Waals surface area contributed by atoms with Crippen LogP contribution in [0.4, 0.5) is 4.39 Å². The van der Waals surface area contributed by atoms with Crippen molar-refractivity contribution in [3.8, 4) is 0 Å². The molecule has 0 radical (unpaired) electrons. The summed E-state index contributed by atoms with van der Waals surface area (Å²) in [5.74, 6) is -1.87. The fourth-order valence-electron chi connectivity index (χ4n) is 2.20. The van der Waals surface area contributed by atoms with Crippen molar-refractivity contribution in [2.45, 2.75) is 17.9 Å². The number of carbonyl (C=O) groups excluding carboxylic acids is 1. The molecule has 2 rings (SSSR count). The molecule has 0 N–H and O–H groups in total. The Morgan fingerprint density at radius 1 is 1.55 bits per heavy atom. The van der Waals surface area contributed by atoms with Crippen LogP contribution < -0.4 is 0 Å². The van der Waals surface area contributed by atoms with Gasteiger partial charge in [0.2, 0.25) is 5.03 Å². The smallest absolute Gasteiger partial charge is 0.309 e. The van der Waals surface area contributed by atoms with E-state index in [0.29, 0.717) is 12.8 Å². The van der Waals surface area contributed by atoms with Gasteiger partial charge in [-0.05, 0) is 25.0 Å². The number of piperidine rings is 1. The number of hydrogen-bond acceptors (Lipinski definition) is 5. The molecule has 110 valence electrons. The van der Waals surface area contributed by atoms with E-state index >= 15 is 0 Å². The number of rotatable bonds is 3. The molecular formula is C12H15FN2O4S. The maximum absolute atomic E-state index is 13.6. The molecule has 1 aromatic heterocycles. The summed E-state index contributed by atoms with van der Waals surface area (Å²) < 4.78 is 44.0. The maximum Gasteiger partial charge on any atom is 0.309 e. The predicted octanol–water partition coefficient (Wildman–Crippen LogP) is 0.794. The molecule has 6 nitrogen and oxygen atoms in total. The number of hydrogen-bond donors (Lipinski definition) is 0. The normalized spacial score (nSPS) is 20.6. The number of methoxy groups -OCH3 is 1. The molecule has 1 aliphatic rings. The van der Waals surface area contributed by atoms with Crippen LogP contribution in [0.3, 0.4) is 0 Å². The first-order valence-corrected chi connectivity index (χ1v) is 7.59. The second kappa shape index (κ2) is 5.84. The lowest BCUT2D eigenvalue weighted by Gasteiger charge is -2.30. The Kier molecular flexibility index (Phi) is 4.34. The Morgan fingerprint density at radius 2 is 2.30 bits per heavy atom. The number of nitrogens with zero attached hydrogens (tertiary/aromatic N) is 2. The van der Waals surface area contributed by atoms with Crippen molar-refractivity contribution in [2.24, 2.45) is 5.92 Å². The number of halogens is 1. The Balaban J connectivity index is 2.26. The Labute approximate surface area is 116 Å². The molecule has 1 aliphatic heterocycles. The van der Waals surface area contributed by atoms with Gasteiger partial charge in [-0.1, -0.05) is 0 Å². The first-order valence-electron chi connectivity index (χ1n) is 6.15. The molecular weight excluding hydrogens is 287 g/mol. The number of sulfonamides is 1. The van der Waals surface area contributed by atoms with Gasteiger partial charge in [-0.3, -0.25) is 4.79 Å². The Hall–Kier alpha value is -1.54. The molecule has 1 saturated heterocycles. The third-order valence-corrected chi connectivity index (χ3v) is 5.03. The van der Waals surface area contributed by atoms with Crippen molar-refractivity contribution in [1.82, 2.24) is 9.29 Å². The summed E-state index contributed by atoms with van der Waals surface area (Å²) in [6, 6.07) is 2.36. The zero-order valence-corrected chi connectivity index (χ0v) is 11.8. The van der Waals surface area contributed by atoms with Crippen LogP contribution in [0.5, 0.6) is 0 Å². The minimum absolute atomic E-state index is 0.00891. The zero-order valence-electron chi connectivity index (χ0n) is 11.0. The van der Waals surface area contributed by atoms with Gasteiger partial charge < -0.3 is 4.74 Å². The minimum atomic E-state index is -4.03. The molecule has 0 aliphatic carbocycles. The van der Waals surface area contributed by atoms with E-state index in [-0.39, 0.29) is 13.1 Å². The molecule has 0 spiro atoms. The molecule has 1 atom stereocenters. The molecule has 2 heterocycles. The minimum Gasteiger partial charge on any atom is -0.469 e. The highest BCUT2D eigenvalue weighted by Crippen LogP contribution is 2.24. The average molecular weight is 302 g/mol. The zero-order chi connectivity index (χ0) is 14.8. The first kappa shape index (κ1) is 14.9. The lowest BCUT2D eigenvalue weighted by molar-refractivity contribution is -0.146. The van der Waals surface area contributed by atoms with E-state index in [1.54, 1.807) is 0 Å². The van der Waals surface area contributed by atoms with Crippen molar-refractivity contribution in [1.29, 1.82) is 0 Å². The highest BCUT2D eigenvalue weighted by Gasteiger charge is 2.35. The standard InChI is InChI=1S/C12H15FN2O4S/c1-19-12(16)9-4-3-7-15(8-9)20(17,18)11-10(13)5-2-6-14-11/h2,5-6,9H,3-4,7-8H2,1H3. The summed E-state index contributed by atoms with van der Waals surface area (Å²) in [7, 11) is -2.77. The van der Waals surface area contributed by atoms with Crippen molar-refractivity contribution in [3.63, 3.8) is 0 Å². The van der Waals surface area contributed by atoms with Gasteiger partial charge in [-0.2, -0.15) is 4.31 Å². The van der Waals surface area contributed by atoms with Crippen LogP contribution in [0.2, 0.25) is 0 Å². The number of ether oxygens (including phenoxy) is 1. The van der Waals surface area contributed by atoms with Crippen molar-refractivity contribution < 1.29 is 22.3 Å². The van der Waals surface area contributed by atoms with E-state index in [9.17, 15) is 17.6 Å². The summed E-state index contributed by atoms with van der Waals surface area (Å²) in [6.07, 6.45) is 2.30. The summed E-state index contributed by atoms with van der Waals surface area (Å²) in [6.45, 7) is 0.233.